The van der Waals surface area contributed by atoms with Crippen LogP contribution >= 0.6 is 0 Å². The van der Waals surface area contributed by atoms with Crippen molar-refractivity contribution in [3.8, 4) is 0 Å². The molecule has 0 radical (unpaired) electrons. The van der Waals surface area contributed by atoms with Gasteiger partial charge in [0.1, 0.15) is 5.82 Å². The van der Waals surface area contributed by atoms with Gasteiger partial charge in [-0.2, -0.15) is 0 Å². The summed E-state index contributed by atoms with van der Waals surface area (Å²) in [5.74, 6) is -0.742. The van der Waals surface area contributed by atoms with Crippen LogP contribution < -0.4 is 10.2 Å². The van der Waals surface area contributed by atoms with Crippen LogP contribution in [0.2, 0.25) is 0 Å². The second kappa shape index (κ2) is 9.28. The summed E-state index contributed by atoms with van der Waals surface area (Å²) in [6.45, 7) is 3.64. The zero-order valence-corrected chi connectivity index (χ0v) is 17.1. The molecule has 0 spiro atoms. The first-order valence-corrected chi connectivity index (χ1v) is 10.8. The van der Waals surface area contributed by atoms with Gasteiger partial charge in [0.2, 0.25) is 5.91 Å². The third kappa shape index (κ3) is 4.64. The third-order valence-electron chi connectivity index (χ3n) is 6.06. The summed E-state index contributed by atoms with van der Waals surface area (Å²) in [6, 6.07) is 13.8. The molecule has 1 N–H and O–H groups in total. The molecule has 158 valence electrons. The zero-order chi connectivity index (χ0) is 20.9. The number of anilines is 1. The summed E-state index contributed by atoms with van der Waals surface area (Å²) in [4.78, 5) is 29.6. The van der Waals surface area contributed by atoms with Crippen LogP contribution in [0.5, 0.6) is 0 Å². The number of likely N-dealkylation sites (tertiary alicyclic amines) is 1. The maximum absolute atomic E-state index is 13.1. The number of carbonyl (C=O) groups is 2. The lowest BCUT2D eigenvalue weighted by atomic mass is 9.96. The fourth-order valence-corrected chi connectivity index (χ4v) is 4.40. The van der Waals surface area contributed by atoms with Gasteiger partial charge in [0, 0.05) is 44.0 Å². The molecule has 2 aliphatic heterocycles. The van der Waals surface area contributed by atoms with Gasteiger partial charge in [-0.25, -0.2) is 4.39 Å². The number of nitrogens with zero attached hydrogens (tertiary/aromatic N) is 2. The Morgan fingerprint density at radius 3 is 2.47 bits per heavy atom. The van der Waals surface area contributed by atoms with E-state index in [1.54, 1.807) is 4.90 Å². The highest BCUT2D eigenvalue weighted by molar-refractivity contribution is 5.94. The second-order valence-electron chi connectivity index (χ2n) is 8.14. The summed E-state index contributed by atoms with van der Waals surface area (Å²) in [7, 11) is 0. The van der Waals surface area contributed by atoms with Crippen LogP contribution in [0.3, 0.4) is 0 Å². The monoisotopic (exact) mass is 409 g/mol. The van der Waals surface area contributed by atoms with Crippen LogP contribution in [0.25, 0.3) is 0 Å². The molecule has 5 nitrogen and oxygen atoms in total. The van der Waals surface area contributed by atoms with E-state index in [1.807, 2.05) is 12.1 Å². The van der Waals surface area contributed by atoms with E-state index in [0.29, 0.717) is 25.2 Å². The van der Waals surface area contributed by atoms with Crippen LogP contribution in [0, 0.1) is 11.7 Å². The first kappa shape index (κ1) is 20.4. The van der Waals surface area contributed by atoms with E-state index >= 15 is 0 Å². The Bertz CT molecular complexity index is 894. The summed E-state index contributed by atoms with van der Waals surface area (Å²) in [5, 5.41) is 3.09. The van der Waals surface area contributed by atoms with Crippen molar-refractivity contribution in [2.75, 3.05) is 31.1 Å². The Morgan fingerprint density at radius 1 is 0.967 bits per heavy atom. The van der Waals surface area contributed by atoms with Gasteiger partial charge >= 0.3 is 0 Å². The van der Waals surface area contributed by atoms with E-state index in [1.165, 1.54) is 42.8 Å². The van der Waals surface area contributed by atoms with Gasteiger partial charge in [0.15, 0.2) is 0 Å². The van der Waals surface area contributed by atoms with Crippen molar-refractivity contribution in [2.45, 2.75) is 32.2 Å². The van der Waals surface area contributed by atoms with E-state index in [2.05, 4.69) is 22.3 Å². The topological polar surface area (TPSA) is 52.7 Å². The van der Waals surface area contributed by atoms with Gasteiger partial charge in [-0.1, -0.05) is 18.2 Å². The fraction of sp³-hybridized carbons (Fsp3) is 0.417. The molecule has 2 aliphatic rings. The van der Waals surface area contributed by atoms with Gasteiger partial charge in [0.25, 0.3) is 5.91 Å². The predicted molar refractivity (Wildman–Crippen MR) is 115 cm³/mol. The molecular weight excluding hydrogens is 381 g/mol. The van der Waals surface area contributed by atoms with Crippen LogP contribution in [-0.4, -0.2) is 42.9 Å². The molecule has 2 fully saturated rings. The van der Waals surface area contributed by atoms with Gasteiger partial charge in [0.05, 0.1) is 5.92 Å². The van der Waals surface area contributed by atoms with Gasteiger partial charge < -0.3 is 15.1 Å². The number of amides is 2. The van der Waals surface area contributed by atoms with E-state index in [4.69, 9.17) is 0 Å². The highest BCUT2D eigenvalue weighted by atomic mass is 19.1. The summed E-state index contributed by atoms with van der Waals surface area (Å²) in [6.07, 6.45) is 3.98. The van der Waals surface area contributed by atoms with Crippen molar-refractivity contribution in [2.24, 2.45) is 5.92 Å². The normalized spacial score (nSPS) is 19.0. The minimum Gasteiger partial charge on any atom is -0.371 e. The molecule has 2 amide bonds. The van der Waals surface area contributed by atoms with E-state index in [-0.39, 0.29) is 23.5 Å². The van der Waals surface area contributed by atoms with E-state index < -0.39 is 0 Å². The smallest absolute Gasteiger partial charge is 0.253 e. The minimum absolute atomic E-state index is 0.0113. The largest absolute Gasteiger partial charge is 0.371 e. The van der Waals surface area contributed by atoms with E-state index in [0.717, 1.165) is 31.5 Å². The Morgan fingerprint density at radius 2 is 1.70 bits per heavy atom. The number of benzene rings is 2. The molecule has 0 aliphatic carbocycles. The maximum atomic E-state index is 13.1. The maximum Gasteiger partial charge on any atom is 0.253 e. The lowest BCUT2D eigenvalue weighted by Gasteiger charge is -2.32. The third-order valence-corrected chi connectivity index (χ3v) is 6.06. The number of hydrogen-bond donors (Lipinski definition) is 1. The lowest BCUT2D eigenvalue weighted by molar-refractivity contribution is -0.126. The van der Waals surface area contributed by atoms with Crippen LogP contribution in [0.4, 0.5) is 10.1 Å². The average molecular weight is 410 g/mol. The Labute approximate surface area is 176 Å². The predicted octanol–water partition coefficient (Wildman–Crippen LogP) is 3.59. The molecule has 0 saturated carbocycles. The standard InChI is InChI=1S/C24H28FN3O2/c25-21-11-9-18(10-12-21)24(30)28-15-5-7-20(17-28)23(29)26-16-19-6-1-2-8-22(19)27-13-3-4-14-27/h1-2,6,8-12,20H,3-5,7,13-17H2,(H,26,29). The molecule has 2 aromatic carbocycles. The van der Waals surface area contributed by atoms with Crippen LogP contribution in [0.15, 0.2) is 48.5 Å². The molecule has 0 aromatic heterocycles. The van der Waals surface area contributed by atoms with Crippen LogP contribution in [-0.2, 0) is 11.3 Å². The Balaban J connectivity index is 1.36. The highest BCUT2D eigenvalue weighted by Gasteiger charge is 2.29. The molecule has 6 heteroatoms. The molecule has 0 bridgehead atoms. The summed E-state index contributed by atoms with van der Waals surface area (Å²) in [5.41, 5.74) is 2.78. The molecule has 2 aromatic rings. The van der Waals surface area contributed by atoms with Crippen LogP contribution in [0.1, 0.15) is 41.6 Å². The van der Waals surface area contributed by atoms with Gasteiger partial charge in [-0.15, -0.1) is 0 Å². The Kier molecular flexibility index (Phi) is 6.31. The second-order valence-corrected chi connectivity index (χ2v) is 8.14. The van der Waals surface area contributed by atoms with Crippen molar-refractivity contribution >= 4 is 17.5 Å². The molecule has 2 heterocycles. The zero-order valence-electron chi connectivity index (χ0n) is 17.1. The quantitative estimate of drug-likeness (QED) is 0.821. The molecule has 1 atom stereocenters. The Hall–Kier alpha value is -2.89. The number of para-hydroxylation sites is 1. The average Bonchev–Trinajstić information content (AvgIpc) is 3.32. The number of nitrogens with one attached hydrogen (secondary N) is 1. The number of carbonyl (C=O) groups excluding carboxylic acids is 2. The summed E-state index contributed by atoms with van der Waals surface area (Å²) >= 11 is 0. The molecule has 4 rings (SSSR count). The number of halogens is 1. The van der Waals surface area contributed by atoms with Crippen molar-refractivity contribution in [1.29, 1.82) is 0 Å². The van der Waals surface area contributed by atoms with Gasteiger partial charge in [-0.05, 0) is 61.6 Å². The van der Waals surface area contributed by atoms with Crippen molar-refractivity contribution in [3.05, 3.63) is 65.5 Å². The number of hydrogen-bond acceptors (Lipinski definition) is 3. The van der Waals surface area contributed by atoms with Crippen molar-refractivity contribution in [1.82, 2.24) is 10.2 Å². The first-order valence-electron chi connectivity index (χ1n) is 10.8. The van der Waals surface area contributed by atoms with E-state index in [9.17, 15) is 14.0 Å². The van der Waals surface area contributed by atoms with Gasteiger partial charge in [-0.3, -0.25) is 9.59 Å². The first-order chi connectivity index (χ1) is 14.6. The minimum atomic E-state index is -0.364. The molecule has 1 unspecified atom stereocenters. The highest BCUT2D eigenvalue weighted by Crippen LogP contribution is 2.25. The SMILES string of the molecule is O=C(NCc1ccccc1N1CCCC1)C1CCCN(C(=O)c2ccc(F)cc2)C1. The fourth-order valence-electron chi connectivity index (χ4n) is 4.40. The number of rotatable bonds is 5. The van der Waals surface area contributed by atoms with Crippen molar-refractivity contribution < 1.29 is 14.0 Å². The number of piperidine rings is 1. The molecule has 30 heavy (non-hydrogen) atoms. The molecule has 2 saturated heterocycles. The lowest BCUT2D eigenvalue weighted by Crippen LogP contribution is -2.45. The summed E-state index contributed by atoms with van der Waals surface area (Å²) < 4.78 is 13.1. The molecular formula is C24H28FN3O2. The van der Waals surface area contributed by atoms with Crippen molar-refractivity contribution in [3.63, 3.8) is 0 Å².